The van der Waals surface area contributed by atoms with Crippen molar-refractivity contribution >= 4 is 11.3 Å². The van der Waals surface area contributed by atoms with Gasteiger partial charge in [-0.2, -0.15) is 5.10 Å². The zero-order valence-corrected chi connectivity index (χ0v) is 10.7. The number of nitrogens with zero attached hydrogens (tertiary/aromatic N) is 3. The zero-order chi connectivity index (χ0) is 12.4. The molecule has 18 heavy (non-hydrogen) atoms. The van der Waals surface area contributed by atoms with Crippen molar-refractivity contribution in [3.63, 3.8) is 0 Å². The third-order valence-electron chi connectivity index (χ3n) is 2.78. The minimum absolute atomic E-state index is 0.719. The number of benzene rings is 1. The quantitative estimate of drug-likeness (QED) is 0.783. The molecule has 0 atom stereocenters. The third-order valence-corrected chi connectivity index (χ3v) is 3.63. The van der Waals surface area contributed by atoms with Gasteiger partial charge in [0.25, 0.3) is 0 Å². The number of H-pyrrole nitrogens is 1. The van der Waals surface area contributed by atoms with E-state index in [1.807, 2.05) is 5.38 Å². The monoisotopic (exact) mass is 256 g/mol. The topological polar surface area (TPSA) is 54.5 Å². The number of hydrogen-bond acceptors (Lipinski definition) is 4. The Kier molecular flexibility index (Phi) is 2.90. The van der Waals surface area contributed by atoms with Crippen molar-refractivity contribution in [1.29, 1.82) is 0 Å². The Labute approximate surface area is 109 Å². The van der Waals surface area contributed by atoms with Crippen LogP contribution >= 0.6 is 11.3 Å². The van der Waals surface area contributed by atoms with Gasteiger partial charge >= 0.3 is 0 Å². The van der Waals surface area contributed by atoms with Gasteiger partial charge in [-0.1, -0.05) is 31.2 Å². The summed E-state index contributed by atoms with van der Waals surface area (Å²) in [6.07, 6.45) is 2.55. The fourth-order valence-electron chi connectivity index (χ4n) is 1.73. The number of aromatic nitrogens is 4. The van der Waals surface area contributed by atoms with Crippen LogP contribution in [0.25, 0.3) is 22.1 Å². The number of hydrogen-bond donors (Lipinski definition) is 1. The van der Waals surface area contributed by atoms with Gasteiger partial charge in [0.05, 0.1) is 5.69 Å². The van der Waals surface area contributed by atoms with Crippen LogP contribution < -0.4 is 0 Å². The molecule has 0 bridgehead atoms. The largest absolute Gasteiger partial charge is 0.257 e. The summed E-state index contributed by atoms with van der Waals surface area (Å²) in [5.41, 5.74) is 3.45. The molecular formula is C13H12N4S. The van der Waals surface area contributed by atoms with E-state index in [0.717, 1.165) is 28.5 Å². The van der Waals surface area contributed by atoms with E-state index in [2.05, 4.69) is 51.4 Å². The van der Waals surface area contributed by atoms with E-state index in [-0.39, 0.29) is 0 Å². The predicted octanol–water partition coefficient (Wildman–Crippen LogP) is 3.16. The maximum Gasteiger partial charge on any atom is 0.184 e. The van der Waals surface area contributed by atoms with E-state index in [1.54, 1.807) is 11.3 Å². The van der Waals surface area contributed by atoms with Crippen LogP contribution in [-0.4, -0.2) is 20.2 Å². The van der Waals surface area contributed by atoms with Crippen molar-refractivity contribution in [1.82, 2.24) is 20.2 Å². The van der Waals surface area contributed by atoms with Gasteiger partial charge in [0.2, 0.25) is 0 Å². The summed E-state index contributed by atoms with van der Waals surface area (Å²) >= 11 is 1.57. The third kappa shape index (κ3) is 2.04. The van der Waals surface area contributed by atoms with Gasteiger partial charge in [-0.3, -0.25) is 5.10 Å². The lowest BCUT2D eigenvalue weighted by atomic mass is 10.1. The molecule has 3 rings (SSSR count). The smallest absolute Gasteiger partial charge is 0.184 e. The van der Waals surface area contributed by atoms with Crippen molar-refractivity contribution in [2.75, 3.05) is 0 Å². The molecule has 2 heterocycles. The first-order chi connectivity index (χ1) is 8.86. The Morgan fingerprint density at radius 2 is 2.06 bits per heavy atom. The molecule has 1 N–H and O–H groups in total. The van der Waals surface area contributed by atoms with Gasteiger partial charge in [0, 0.05) is 10.9 Å². The van der Waals surface area contributed by atoms with Gasteiger partial charge in [-0.15, -0.1) is 11.3 Å². The summed E-state index contributed by atoms with van der Waals surface area (Å²) in [5, 5.41) is 9.56. The molecule has 0 amide bonds. The zero-order valence-electron chi connectivity index (χ0n) is 9.92. The molecule has 3 aromatic rings. The molecular weight excluding hydrogens is 244 g/mol. The summed E-state index contributed by atoms with van der Waals surface area (Å²) in [7, 11) is 0. The molecule has 0 saturated carbocycles. The van der Waals surface area contributed by atoms with Gasteiger partial charge < -0.3 is 0 Å². The molecule has 2 aromatic heterocycles. The normalized spacial score (nSPS) is 10.7. The lowest BCUT2D eigenvalue weighted by Crippen LogP contribution is -1.83. The highest BCUT2D eigenvalue weighted by Crippen LogP contribution is 2.26. The second-order valence-corrected chi connectivity index (χ2v) is 4.78. The molecule has 5 heteroatoms. The van der Waals surface area contributed by atoms with Gasteiger partial charge in [-0.05, 0) is 12.0 Å². The first-order valence-corrected chi connectivity index (χ1v) is 6.65. The van der Waals surface area contributed by atoms with E-state index >= 15 is 0 Å². The molecule has 0 saturated heterocycles. The Morgan fingerprint density at radius 3 is 2.72 bits per heavy atom. The van der Waals surface area contributed by atoms with Gasteiger partial charge in [0.1, 0.15) is 6.33 Å². The summed E-state index contributed by atoms with van der Waals surface area (Å²) < 4.78 is 0. The summed E-state index contributed by atoms with van der Waals surface area (Å²) in [6, 6.07) is 8.50. The predicted molar refractivity (Wildman–Crippen MR) is 72.3 cm³/mol. The van der Waals surface area contributed by atoms with Crippen molar-refractivity contribution < 1.29 is 0 Å². The second kappa shape index (κ2) is 4.70. The van der Waals surface area contributed by atoms with Crippen molar-refractivity contribution in [3.8, 4) is 22.1 Å². The van der Waals surface area contributed by atoms with Crippen molar-refractivity contribution in [2.24, 2.45) is 0 Å². The van der Waals surface area contributed by atoms with Crippen LogP contribution in [0, 0.1) is 0 Å². The minimum atomic E-state index is 0.719. The highest BCUT2D eigenvalue weighted by molar-refractivity contribution is 7.13. The van der Waals surface area contributed by atoms with Crippen molar-refractivity contribution in [3.05, 3.63) is 41.5 Å². The maximum atomic E-state index is 4.56. The molecule has 0 aliphatic rings. The lowest BCUT2D eigenvalue weighted by molar-refractivity contribution is 1.09. The highest BCUT2D eigenvalue weighted by Gasteiger charge is 2.08. The molecule has 1 aromatic carbocycles. The molecule has 0 radical (unpaired) electrons. The van der Waals surface area contributed by atoms with E-state index < -0.39 is 0 Å². The molecule has 0 fully saturated rings. The Balaban J connectivity index is 1.92. The summed E-state index contributed by atoms with van der Waals surface area (Å²) in [6.45, 7) is 2.15. The average Bonchev–Trinajstić information content (AvgIpc) is 3.09. The van der Waals surface area contributed by atoms with Crippen LogP contribution in [0.5, 0.6) is 0 Å². The Hall–Kier alpha value is -2.01. The van der Waals surface area contributed by atoms with Crippen molar-refractivity contribution in [2.45, 2.75) is 13.3 Å². The number of aryl methyl sites for hydroxylation is 1. The molecule has 0 aliphatic heterocycles. The van der Waals surface area contributed by atoms with Crippen LogP contribution in [0.2, 0.25) is 0 Å². The van der Waals surface area contributed by atoms with E-state index in [1.165, 1.54) is 11.9 Å². The van der Waals surface area contributed by atoms with Crippen LogP contribution in [0.3, 0.4) is 0 Å². The maximum absolute atomic E-state index is 4.56. The summed E-state index contributed by atoms with van der Waals surface area (Å²) in [4.78, 5) is 8.67. The fourth-order valence-corrected chi connectivity index (χ4v) is 2.51. The Bertz CT molecular complexity index is 625. The molecule has 0 unspecified atom stereocenters. The fraction of sp³-hybridized carbons (Fsp3) is 0.154. The van der Waals surface area contributed by atoms with Gasteiger partial charge in [-0.25, -0.2) is 9.97 Å². The minimum Gasteiger partial charge on any atom is -0.257 e. The van der Waals surface area contributed by atoms with E-state index in [0.29, 0.717) is 0 Å². The first kappa shape index (κ1) is 11.1. The number of thiazole rings is 1. The molecule has 0 aliphatic carbocycles. The average molecular weight is 256 g/mol. The Morgan fingerprint density at radius 1 is 1.22 bits per heavy atom. The standard InChI is InChI=1S/C13H12N4S/c1-2-9-3-5-10(6-4-9)11-7-18-13(16-11)12-14-8-15-17-12/h3-8H,2H2,1H3,(H,14,15,17). The molecule has 4 nitrogen and oxygen atoms in total. The number of nitrogens with one attached hydrogen (secondary N) is 1. The van der Waals surface area contributed by atoms with Crippen LogP contribution in [0.1, 0.15) is 12.5 Å². The molecule has 90 valence electrons. The molecule has 0 spiro atoms. The van der Waals surface area contributed by atoms with E-state index in [9.17, 15) is 0 Å². The number of aromatic amines is 1. The number of rotatable bonds is 3. The first-order valence-electron chi connectivity index (χ1n) is 5.77. The van der Waals surface area contributed by atoms with E-state index in [4.69, 9.17) is 0 Å². The second-order valence-electron chi connectivity index (χ2n) is 3.92. The van der Waals surface area contributed by atoms with Crippen LogP contribution in [-0.2, 0) is 6.42 Å². The van der Waals surface area contributed by atoms with Crippen LogP contribution in [0.4, 0.5) is 0 Å². The summed E-state index contributed by atoms with van der Waals surface area (Å²) in [5.74, 6) is 0.719. The van der Waals surface area contributed by atoms with Crippen LogP contribution in [0.15, 0.2) is 36.0 Å². The van der Waals surface area contributed by atoms with Gasteiger partial charge in [0.15, 0.2) is 10.8 Å². The highest BCUT2D eigenvalue weighted by atomic mass is 32.1. The SMILES string of the molecule is CCc1ccc(-c2csc(-c3ncn[nH]3)n2)cc1. The lowest BCUT2D eigenvalue weighted by Gasteiger charge is -1.98.